The lowest BCUT2D eigenvalue weighted by atomic mass is 9.95. The summed E-state index contributed by atoms with van der Waals surface area (Å²) in [4.78, 5) is 12.3. The highest BCUT2D eigenvalue weighted by molar-refractivity contribution is 6.00. The van der Waals surface area contributed by atoms with Gasteiger partial charge in [0.1, 0.15) is 5.82 Å². The molecule has 0 bridgehead atoms. The molecule has 0 atom stereocenters. The van der Waals surface area contributed by atoms with Crippen molar-refractivity contribution < 1.29 is 0 Å². The summed E-state index contributed by atoms with van der Waals surface area (Å²) in [5.41, 5.74) is 10.7. The number of aromatic amines is 2. The van der Waals surface area contributed by atoms with Gasteiger partial charge in [0.05, 0.1) is 11.0 Å². The minimum absolute atomic E-state index is 0.928. The topological polar surface area (TPSA) is 44.5 Å². The van der Waals surface area contributed by atoms with Gasteiger partial charge < -0.3 is 9.97 Å². The summed E-state index contributed by atoms with van der Waals surface area (Å²) in [7, 11) is 0. The van der Waals surface area contributed by atoms with E-state index in [4.69, 9.17) is 4.98 Å². The zero-order valence-corrected chi connectivity index (χ0v) is 18.0. The van der Waals surface area contributed by atoms with Crippen molar-refractivity contribution in [2.45, 2.75) is 47.5 Å². The van der Waals surface area contributed by atoms with Gasteiger partial charge >= 0.3 is 0 Å². The van der Waals surface area contributed by atoms with Gasteiger partial charge in [-0.05, 0) is 50.8 Å². The number of allylic oxidation sites excluding steroid dienone is 2. The Morgan fingerprint density at radius 1 is 0.862 bits per heavy atom. The normalized spacial score (nSPS) is 12.3. The second-order valence-corrected chi connectivity index (χ2v) is 7.68. The number of H-pyrrole nitrogens is 2. The Bertz CT molecular complexity index is 1190. The van der Waals surface area contributed by atoms with Crippen LogP contribution in [0.5, 0.6) is 0 Å². The average Bonchev–Trinajstić information content (AvgIpc) is 3.28. The highest BCUT2D eigenvalue weighted by Crippen LogP contribution is 2.36. The number of hydrogen-bond acceptors (Lipinski definition) is 1. The molecule has 2 aromatic heterocycles. The van der Waals surface area contributed by atoms with Gasteiger partial charge in [-0.1, -0.05) is 56.4 Å². The molecule has 2 aromatic carbocycles. The van der Waals surface area contributed by atoms with Gasteiger partial charge in [-0.2, -0.15) is 0 Å². The molecule has 4 aromatic rings. The number of nitrogens with zero attached hydrogens (tertiary/aromatic N) is 1. The second kappa shape index (κ2) is 7.75. The molecule has 0 spiro atoms. The second-order valence-electron chi connectivity index (χ2n) is 7.68. The van der Waals surface area contributed by atoms with Crippen molar-refractivity contribution in [2.24, 2.45) is 0 Å². The van der Waals surface area contributed by atoms with Gasteiger partial charge in [-0.3, -0.25) is 0 Å². The molecule has 0 saturated carbocycles. The summed E-state index contributed by atoms with van der Waals surface area (Å²) in [6, 6.07) is 8.43. The summed E-state index contributed by atoms with van der Waals surface area (Å²) in [5.74, 6) is 0.928. The number of aryl methyl sites for hydroxylation is 1. The maximum atomic E-state index is 5.13. The molecule has 0 saturated heterocycles. The van der Waals surface area contributed by atoms with Gasteiger partial charge in [0.2, 0.25) is 0 Å². The van der Waals surface area contributed by atoms with E-state index in [1.807, 2.05) is 0 Å². The van der Waals surface area contributed by atoms with E-state index in [0.717, 1.165) is 46.5 Å². The van der Waals surface area contributed by atoms with Crippen LogP contribution in [0.15, 0.2) is 36.4 Å². The lowest BCUT2D eigenvalue weighted by molar-refractivity contribution is 1.23. The van der Waals surface area contributed by atoms with Crippen LogP contribution >= 0.6 is 0 Å². The van der Waals surface area contributed by atoms with E-state index in [2.05, 4.69) is 93.2 Å². The lowest BCUT2D eigenvalue weighted by Crippen LogP contribution is -1.94. The van der Waals surface area contributed by atoms with Crippen molar-refractivity contribution in [3.05, 3.63) is 64.4 Å². The molecule has 29 heavy (non-hydrogen) atoms. The van der Waals surface area contributed by atoms with E-state index in [1.54, 1.807) is 0 Å². The van der Waals surface area contributed by atoms with Gasteiger partial charge in [0, 0.05) is 33.3 Å². The number of rotatable bonds is 5. The molecule has 0 aliphatic carbocycles. The average molecular weight is 384 g/mol. The highest BCUT2D eigenvalue weighted by Gasteiger charge is 2.19. The lowest BCUT2D eigenvalue weighted by Gasteiger charge is -2.11. The first-order valence-corrected chi connectivity index (χ1v) is 10.5. The van der Waals surface area contributed by atoms with E-state index < -0.39 is 0 Å². The van der Waals surface area contributed by atoms with Crippen LogP contribution in [-0.2, 0) is 0 Å². The minimum atomic E-state index is 0.928. The Hall–Kier alpha value is -3.07. The summed E-state index contributed by atoms with van der Waals surface area (Å²) < 4.78 is 0. The number of imidazole rings is 1. The monoisotopic (exact) mass is 383 g/mol. The minimum Gasteiger partial charge on any atom is -0.358 e. The fourth-order valence-electron chi connectivity index (χ4n) is 4.12. The smallest absolute Gasteiger partial charge is 0.140 e. The van der Waals surface area contributed by atoms with Gasteiger partial charge in [0.25, 0.3) is 0 Å². The van der Waals surface area contributed by atoms with E-state index >= 15 is 0 Å². The molecule has 3 nitrogen and oxygen atoms in total. The first-order chi connectivity index (χ1) is 14.1. The predicted molar refractivity (Wildman–Crippen MR) is 126 cm³/mol. The molecular weight excluding hydrogens is 354 g/mol. The molecule has 4 rings (SSSR count). The van der Waals surface area contributed by atoms with E-state index in [0.29, 0.717) is 0 Å². The summed E-state index contributed by atoms with van der Waals surface area (Å²) in [6.45, 7) is 10.9. The molecule has 0 aliphatic rings. The fraction of sp³-hybridized carbons (Fsp3) is 0.269. The largest absolute Gasteiger partial charge is 0.358 e. The number of aromatic nitrogens is 3. The van der Waals surface area contributed by atoms with Crippen LogP contribution < -0.4 is 0 Å². The Balaban J connectivity index is 2.06. The number of benzene rings is 2. The predicted octanol–water partition coefficient (Wildman–Crippen LogP) is 7.48. The van der Waals surface area contributed by atoms with Crippen molar-refractivity contribution >= 4 is 34.1 Å². The maximum Gasteiger partial charge on any atom is 0.140 e. The van der Waals surface area contributed by atoms with Crippen LogP contribution in [0.3, 0.4) is 0 Å². The van der Waals surface area contributed by atoms with Crippen LogP contribution in [0.2, 0.25) is 0 Å². The van der Waals surface area contributed by atoms with Crippen molar-refractivity contribution in [1.82, 2.24) is 15.0 Å². The molecule has 0 aliphatic heterocycles. The number of fused-ring (bicyclic) bond motifs is 2. The molecule has 0 amide bonds. The Morgan fingerprint density at radius 3 is 2.24 bits per heavy atom. The molecular formula is C26H29N3. The first kappa shape index (κ1) is 19.3. The summed E-state index contributed by atoms with van der Waals surface area (Å²) >= 11 is 0. The zero-order chi connectivity index (χ0) is 20.5. The van der Waals surface area contributed by atoms with Crippen LogP contribution in [0, 0.1) is 20.8 Å². The Labute approximate surface area is 172 Å². The fourth-order valence-corrected chi connectivity index (χ4v) is 4.12. The van der Waals surface area contributed by atoms with Crippen molar-refractivity contribution in [3.63, 3.8) is 0 Å². The number of nitrogens with one attached hydrogen (secondary N) is 2. The Morgan fingerprint density at radius 2 is 1.52 bits per heavy atom. The Kier molecular flexibility index (Phi) is 5.14. The third-order valence-electron chi connectivity index (χ3n) is 5.77. The SMILES string of the molecule is CC/C=C\c1c(C)c(C)c(/C=C\CC)c2[nH]c(-c3c(C)[nH]c4ccccc34)nc12. The van der Waals surface area contributed by atoms with Gasteiger partial charge in [-0.15, -0.1) is 0 Å². The van der Waals surface area contributed by atoms with E-state index in [9.17, 15) is 0 Å². The number of para-hydroxylation sites is 1. The summed E-state index contributed by atoms with van der Waals surface area (Å²) in [6.07, 6.45) is 10.9. The molecule has 0 unspecified atom stereocenters. The van der Waals surface area contributed by atoms with Crippen LogP contribution in [0.1, 0.15) is 54.6 Å². The summed E-state index contributed by atoms with van der Waals surface area (Å²) in [5, 5.41) is 1.20. The number of hydrogen-bond donors (Lipinski definition) is 2. The van der Waals surface area contributed by atoms with Crippen molar-refractivity contribution in [2.75, 3.05) is 0 Å². The van der Waals surface area contributed by atoms with E-state index in [1.165, 1.54) is 27.6 Å². The van der Waals surface area contributed by atoms with Crippen LogP contribution in [0.4, 0.5) is 0 Å². The van der Waals surface area contributed by atoms with Crippen LogP contribution in [0.25, 0.3) is 45.5 Å². The van der Waals surface area contributed by atoms with Crippen molar-refractivity contribution in [1.29, 1.82) is 0 Å². The maximum absolute atomic E-state index is 5.13. The third-order valence-corrected chi connectivity index (χ3v) is 5.77. The molecule has 3 heteroatoms. The third kappa shape index (κ3) is 3.21. The molecule has 148 valence electrons. The highest BCUT2D eigenvalue weighted by atomic mass is 14.9. The zero-order valence-electron chi connectivity index (χ0n) is 18.0. The standard InChI is InChI=1S/C26H29N3/c1-6-8-12-19-16(3)17(4)20(13-9-7-2)25-24(19)28-26(29-25)23-18(5)27-22-15-11-10-14-21(22)23/h8-15,27H,6-7H2,1-5H3,(H,28,29)/b12-8-,13-9-. The van der Waals surface area contributed by atoms with E-state index in [-0.39, 0.29) is 0 Å². The van der Waals surface area contributed by atoms with Gasteiger partial charge in [-0.25, -0.2) is 4.98 Å². The molecule has 0 radical (unpaired) electrons. The quantitative estimate of drug-likeness (QED) is 0.368. The molecule has 2 N–H and O–H groups in total. The van der Waals surface area contributed by atoms with Gasteiger partial charge in [0.15, 0.2) is 0 Å². The van der Waals surface area contributed by atoms with Crippen molar-refractivity contribution in [3.8, 4) is 11.4 Å². The first-order valence-electron chi connectivity index (χ1n) is 10.5. The molecule has 0 fully saturated rings. The molecule has 2 heterocycles. The van der Waals surface area contributed by atoms with Crippen LogP contribution in [-0.4, -0.2) is 15.0 Å².